The SMILES string of the molecule is O=C([O-])OP1OCCO1. The van der Waals surface area contributed by atoms with E-state index >= 15 is 0 Å². The minimum atomic E-state index is -1.65. The van der Waals surface area contributed by atoms with Crippen molar-refractivity contribution in [3.63, 3.8) is 0 Å². The molecule has 1 rings (SSSR count). The van der Waals surface area contributed by atoms with Crippen molar-refractivity contribution in [3.05, 3.63) is 0 Å². The van der Waals surface area contributed by atoms with Crippen LogP contribution in [0.3, 0.4) is 0 Å². The van der Waals surface area contributed by atoms with Crippen molar-refractivity contribution >= 4 is 14.8 Å². The fourth-order valence-electron chi connectivity index (χ4n) is 0.374. The Balaban J connectivity index is 2.19. The Morgan fingerprint density at radius 3 is 2.56 bits per heavy atom. The molecule has 0 bridgehead atoms. The fourth-order valence-corrected chi connectivity index (χ4v) is 1.12. The van der Waals surface area contributed by atoms with Gasteiger partial charge < -0.3 is 23.5 Å². The molecule has 52 valence electrons. The van der Waals surface area contributed by atoms with Gasteiger partial charge in [-0.3, -0.25) is 0 Å². The van der Waals surface area contributed by atoms with Gasteiger partial charge in [-0.1, -0.05) is 0 Å². The van der Waals surface area contributed by atoms with Crippen LogP contribution in [0.5, 0.6) is 0 Å². The highest BCUT2D eigenvalue weighted by Gasteiger charge is 2.15. The molecule has 0 aliphatic carbocycles. The molecule has 0 N–H and O–H groups in total. The van der Waals surface area contributed by atoms with E-state index in [1.54, 1.807) is 0 Å². The molecule has 9 heavy (non-hydrogen) atoms. The molecular weight excluding hydrogens is 147 g/mol. The predicted octanol–water partition coefficient (Wildman–Crippen LogP) is -0.380. The van der Waals surface area contributed by atoms with Crippen molar-refractivity contribution in [2.45, 2.75) is 0 Å². The summed E-state index contributed by atoms with van der Waals surface area (Å²) in [6.45, 7) is 0.776. The lowest BCUT2D eigenvalue weighted by molar-refractivity contribution is -0.271. The maximum atomic E-state index is 9.68. The van der Waals surface area contributed by atoms with Crippen molar-refractivity contribution in [1.29, 1.82) is 0 Å². The first-order valence-corrected chi connectivity index (χ1v) is 3.33. The van der Waals surface area contributed by atoms with Crippen molar-refractivity contribution < 1.29 is 23.5 Å². The Hall–Kier alpha value is -0.380. The number of rotatable bonds is 1. The number of carbonyl (C=O) groups excluding carboxylic acids is 1. The third-order valence-corrected chi connectivity index (χ3v) is 1.71. The van der Waals surface area contributed by atoms with Crippen LogP contribution in [0, 0.1) is 0 Å². The van der Waals surface area contributed by atoms with E-state index in [2.05, 4.69) is 13.6 Å². The molecule has 0 aromatic heterocycles. The van der Waals surface area contributed by atoms with E-state index < -0.39 is 14.8 Å². The van der Waals surface area contributed by atoms with Gasteiger partial charge in [0.2, 0.25) is 0 Å². The lowest BCUT2D eigenvalue weighted by atomic mass is 10.8. The molecular formula is C3H4O5P-. The standard InChI is InChI=1S/C3H5O5P/c4-3(5)8-9-6-1-2-7-9/h1-2H2,(H,4,5)/p-1. The van der Waals surface area contributed by atoms with E-state index in [0.29, 0.717) is 13.2 Å². The van der Waals surface area contributed by atoms with Gasteiger partial charge in [-0.05, 0) is 0 Å². The average Bonchev–Trinajstić information content (AvgIpc) is 2.15. The molecule has 6 heteroatoms. The van der Waals surface area contributed by atoms with E-state index in [1.807, 2.05) is 0 Å². The largest absolute Gasteiger partial charge is 0.479 e. The summed E-state index contributed by atoms with van der Waals surface area (Å²) in [4.78, 5) is 9.68. The molecule has 0 aromatic rings. The average molecular weight is 151 g/mol. The van der Waals surface area contributed by atoms with Crippen LogP contribution < -0.4 is 5.11 Å². The summed E-state index contributed by atoms with van der Waals surface area (Å²) < 4.78 is 13.4. The minimum Gasteiger partial charge on any atom is -0.479 e. The quantitative estimate of drug-likeness (QED) is 0.478. The van der Waals surface area contributed by atoms with Gasteiger partial charge in [-0.2, -0.15) is 0 Å². The molecule has 0 amide bonds. The summed E-state index contributed by atoms with van der Waals surface area (Å²) >= 11 is 0. The van der Waals surface area contributed by atoms with Crippen LogP contribution in [0.25, 0.3) is 0 Å². The predicted molar refractivity (Wildman–Crippen MR) is 25.3 cm³/mol. The van der Waals surface area contributed by atoms with Gasteiger partial charge in [0.15, 0.2) is 0 Å². The van der Waals surface area contributed by atoms with Gasteiger partial charge in [0.05, 0.1) is 13.2 Å². The maximum Gasteiger partial charge on any atom is 0.304 e. The van der Waals surface area contributed by atoms with Crippen LogP contribution in [-0.2, 0) is 13.6 Å². The zero-order chi connectivity index (χ0) is 6.69. The molecule has 1 aliphatic heterocycles. The van der Waals surface area contributed by atoms with Crippen molar-refractivity contribution in [1.82, 2.24) is 0 Å². The Labute approximate surface area is 52.5 Å². The lowest BCUT2D eigenvalue weighted by Gasteiger charge is -2.10. The second-order valence-electron chi connectivity index (χ2n) is 1.23. The van der Waals surface area contributed by atoms with Crippen LogP contribution in [0.15, 0.2) is 0 Å². The molecule has 1 aliphatic rings. The summed E-state index contributed by atoms with van der Waals surface area (Å²) in [5, 5.41) is 9.68. The first kappa shape index (κ1) is 6.74. The third-order valence-electron chi connectivity index (χ3n) is 0.626. The highest BCUT2D eigenvalue weighted by Crippen LogP contribution is 2.42. The van der Waals surface area contributed by atoms with E-state index in [4.69, 9.17) is 0 Å². The molecule has 0 atom stereocenters. The van der Waals surface area contributed by atoms with E-state index in [1.165, 1.54) is 0 Å². The Bertz CT molecular complexity index is 109. The van der Waals surface area contributed by atoms with Gasteiger partial charge in [0.25, 0.3) is 6.16 Å². The van der Waals surface area contributed by atoms with Crippen molar-refractivity contribution in [2.75, 3.05) is 13.2 Å². The normalized spacial score (nSPS) is 20.0. The Morgan fingerprint density at radius 1 is 1.56 bits per heavy atom. The van der Waals surface area contributed by atoms with Gasteiger partial charge >= 0.3 is 8.60 Å². The van der Waals surface area contributed by atoms with Gasteiger partial charge in [-0.25, -0.2) is 0 Å². The molecule has 5 nitrogen and oxygen atoms in total. The first-order chi connectivity index (χ1) is 4.29. The van der Waals surface area contributed by atoms with Crippen LogP contribution in [-0.4, -0.2) is 19.4 Å². The van der Waals surface area contributed by atoms with Crippen molar-refractivity contribution in [3.8, 4) is 0 Å². The van der Waals surface area contributed by atoms with E-state index in [0.717, 1.165) is 0 Å². The number of carbonyl (C=O) groups is 1. The zero-order valence-corrected chi connectivity index (χ0v) is 5.30. The number of hydrogen-bond acceptors (Lipinski definition) is 5. The van der Waals surface area contributed by atoms with Crippen LogP contribution in [0.2, 0.25) is 0 Å². The monoisotopic (exact) mass is 151 g/mol. The van der Waals surface area contributed by atoms with Crippen molar-refractivity contribution in [2.24, 2.45) is 0 Å². The molecule has 1 heterocycles. The summed E-state index contributed by atoms with van der Waals surface area (Å²) in [5.74, 6) is 0. The van der Waals surface area contributed by atoms with E-state index in [9.17, 15) is 9.90 Å². The molecule has 1 saturated heterocycles. The number of carboxylic acid groups (broad SMARTS) is 1. The second-order valence-corrected chi connectivity index (χ2v) is 2.38. The minimum absolute atomic E-state index is 0.388. The molecule has 0 unspecified atom stereocenters. The highest BCUT2D eigenvalue weighted by atomic mass is 31.2. The summed E-state index contributed by atoms with van der Waals surface area (Å²) in [6, 6.07) is 0. The smallest absolute Gasteiger partial charge is 0.304 e. The molecule has 0 radical (unpaired) electrons. The van der Waals surface area contributed by atoms with Gasteiger partial charge in [0.1, 0.15) is 0 Å². The Kier molecular flexibility index (Phi) is 2.22. The summed E-state index contributed by atoms with van der Waals surface area (Å²) in [6.07, 6.45) is -1.61. The second kappa shape index (κ2) is 2.96. The van der Waals surface area contributed by atoms with E-state index in [-0.39, 0.29) is 0 Å². The topological polar surface area (TPSA) is 67.8 Å². The molecule has 1 fully saturated rings. The highest BCUT2D eigenvalue weighted by molar-refractivity contribution is 7.42. The van der Waals surface area contributed by atoms with Gasteiger partial charge in [-0.15, -0.1) is 0 Å². The van der Waals surface area contributed by atoms with Gasteiger partial charge in [0, 0.05) is 0 Å². The van der Waals surface area contributed by atoms with Crippen LogP contribution in [0.4, 0.5) is 4.79 Å². The Morgan fingerprint density at radius 2 is 2.11 bits per heavy atom. The lowest BCUT2D eigenvalue weighted by Crippen LogP contribution is -2.21. The molecule has 0 spiro atoms. The molecule has 0 aromatic carbocycles. The van der Waals surface area contributed by atoms with Crippen LogP contribution >= 0.6 is 8.60 Å². The first-order valence-electron chi connectivity index (χ1n) is 2.24. The number of hydrogen-bond donors (Lipinski definition) is 0. The van der Waals surface area contributed by atoms with Crippen LogP contribution in [0.1, 0.15) is 0 Å². The zero-order valence-electron chi connectivity index (χ0n) is 4.40. The summed E-state index contributed by atoms with van der Waals surface area (Å²) in [7, 11) is -1.65. The fraction of sp³-hybridized carbons (Fsp3) is 0.667. The third kappa shape index (κ3) is 2.13. The summed E-state index contributed by atoms with van der Waals surface area (Å²) in [5.41, 5.74) is 0. The molecule has 0 saturated carbocycles. The maximum absolute atomic E-state index is 9.68.